The van der Waals surface area contributed by atoms with Crippen molar-refractivity contribution in [1.82, 2.24) is 24.5 Å². The number of nitrogens with one attached hydrogen (secondary N) is 1. The highest BCUT2D eigenvalue weighted by atomic mass is 16.2. The largest absolute Gasteiger partial charge is 0.352 e. The predicted octanol–water partition coefficient (Wildman–Crippen LogP) is 3.47. The van der Waals surface area contributed by atoms with E-state index < -0.39 is 0 Å². The number of rotatable bonds is 4. The Morgan fingerprint density at radius 1 is 1.06 bits per heavy atom. The van der Waals surface area contributed by atoms with Crippen LogP contribution in [0.25, 0.3) is 27.9 Å². The highest BCUT2D eigenvalue weighted by molar-refractivity contribution is 5.92. The lowest BCUT2D eigenvalue weighted by atomic mass is 9.95. The van der Waals surface area contributed by atoms with Crippen molar-refractivity contribution < 1.29 is 4.79 Å². The third-order valence-corrected chi connectivity index (χ3v) is 6.04. The molecule has 7 heteroatoms. The van der Waals surface area contributed by atoms with E-state index >= 15 is 0 Å². The van der Waals surface area contributed by atoms with Gasteiger partial charge in [0.2, 0.25) is 5.91 Å². The summed E-state index contributed by atoms with van der Waals surface area (Å²) in [7, 11) is 0. The molecular weight excluding hydrogens is 390 g/mol. The van der Waals surface area contributed by atoms with Gasteiger partial charge in [0.05, 0.1) is 5.52 Å². The molecule has 5 rings (SSSR count). The van der Waals surface area contributed by atoms with Gasteiger partial charge >= 0.3 is 5.69 Å². The Balaban J connectivity index is 1.57. The Hall–Kier alpha value is -3.48. The average molecular weight is 415 g/mol. The van der Waals surface area contributed by atoms with Crippen LogP contribution < -0.4 is 11.0 Å². The summed E-state index contributed by atoms with van der Waals surface area (Å²) in [4.78, 5) is 30.7. The van der Waals surface area contributed by atoms with E-state index in [1.165, 1.54) is 15.5 Å². The van der Waals surface area contributed by atoms with E-state index in [0.717, 1.165) is 42.2 Å². The van der Waals surface area contributed by atoms with Gasteiger partial charge in [-0.2, -0.15) is 4.52 Å². The van der Waals surface area contributed by atoms with Crippen LogP contribution in [-0.4, -0.2) is 31.1 Å². The summed E-state index contributed by atoms with van der Waals surface area (Å²) in [5.41, 5.74) is 2.81. The lowest BCUT2D eigenvalue weighted by molar-refractivity contribution is -0.122. The normalized spacial score (nSPS) is 14.9. The zero-order valence-corrected chi connectivity index (χ0v) is 17.5. The summed E-state index contributed by atoms with van der Waals surface area (Å²) in [5.74, 6) is 0.351. The van der Waals surface area contributed by atoms with Crippen LogP contribution in [0.4, 0.5) is 0 Å². The Morgan fingerprint density at radius 2 is 1.81 bits per heavy atom. The number of aromatic nitrogens is 4. The Morgan fingerprint density at radius 3 is 2.58 bits per heavy atom. The van der Waals surface area contributed by atoms with Gasteiger partial charge in [-0.3, -0.25) is 9.36 Å². The smallest absolute Gasteiger partial charge is 0.351 e. The quantitative estimate of drug-likeness (QED) is 0.553. The number of amides is 1. The van der Waals surface area contributed by atoms with Crippen LogP contribution in [0.15, 0.2) is 53.3 Å². The second-order valence-electron chi connectivity index (χ2n) is 8.33. The standard InChI is InChI=1S/C24H25N5O2/c1-16-11-13-17(14-12-16)22-26-23-19-9-5-6-10-20(19)28(24(31)29(23)27-22)15-21(30)25-18-7-3-2-4-8-18/h5-6,9-14,18H,2-4,7-8,15H2,1H3,(H,25,30). The third kappa shape index (κ3) is 3.71. The van der Waals surface area contributed by atoms with Gasteiger partial charge in [-0.05, 0) is 31.9 Å². The Bertz CT molecular complexity index is 1310. The number of hydrogen-bond acceptors (Lipinski definition) is 4. The molecule has 2 heterocycles. The van der Waals surface area contributed by atoms with Crippen molar-refractivity contribution in [2.45, 2.75) is 51.6 Å². The number of fused-ring (bicyclic) bond motifs is 3. The number of hydrogen-bond donors (Lipinski definition) is 1. The average Bonchev–Trinajstić information content (AvgIpc) is 3.24. The number of nitrogens with zero attached hydrogens (tertiary/aromatic N) is 4. The van der Waals surface area contributed by atoms with Crippen LogP contribution in [0.5, 0.6) is 0 Å². The topological polar surface area (TPSA) is 81.3 Å². The van der Waals surface area contributed by atoms with Gasteiger partial charge in [0, 0.05) is 17.0 Å². The molecule has 2 aromatic carbocycles. The maximum Gasteiger partial charge on any atom is 0.351 e. The lowest BCUT2D eigenvalue weighted by Gasteiger charge is -2.23. The van der Waals surface area contributed by atoms with Crippen molar-refractivity contribution in [1.29, 1.82) is 0 Å². The fraction of sp³-hybridized carbons (Fsp3) is 0.333. The first-order valence-electron chi connectivity index (χ1n) is 10.8. The van der Waals surface area contributed by atoms with Gasteiger partial charge < -0.3 is 5.32 Å². The number of carbonyl (C=O) groups excluding carboxylic acids is 1. The van der Waals surface area contributed by atoms with Crippen molar-refractivity contribution in [2.24, 2.45) is 0 Å². The van der Waals surface area contributed by atoms with E-state index in [0.29, 0.717) is 17.0 Å². The maximum absolute atomic E-state index is 13.3. The first-order chi connectivity index (χ1) is 15.1. The molecule has 4 aromatic rings. The van der Waals surface area contributed by atoms with E-state index in [4.69, 9.17) is 0 Å². The molecule has 31 heavy (non-hydrogen) atoms. The zero-order valence-electron chi connectivity index (χ0n) is 17.5. The molecule has 1 aliphatic rings. The van der Waals surface area contributed by atoms with Crippen LogP contribution in [0.2, 0.25) is 0 Å². The van der Waals surface area contributed by atoms with Gasteiger partial charge in [0.1, 0.15) is 6.54 Å². The van der Waals surface area contributed by atoms with Gasteiger partial charge in [-0.1, -0.05) is 61.2 Å². The molecule has 0 bridgehead atoms. The van der Waals surface area contributed by atoms with Crippen LogP contribution in [0.3, 0.4) is 0 Å². The molecule has 158 valence electrons. The van der Waals surface area contributed by atoms with E-state index in [9.17, 15) is 9.59 Å². The zero-order chi connectivity index (χ0) is 21.4. The molecule has 0 spiro atoms. The second-order valence-corrected chi connectivity index (χ2v) is 8.33. The van der Waals surface area contributed by atoms with Crippen molar-refractivity contribution in [2.75, 3.05) is 0 Å². The number of para-hydroxylation sites is 1. The Labute approximate surface area is 179 Å². The molecule has 1 aliphatic carbocycles. The van der Waals surface area contributed by atoms with Crippen LogP contribution in [-0.2, 0) is 11.3 Å². The molecule has 1 N–H and O–H groups in total. The minimum atomic E-state index is -0.363. The van der Waals surface area contributed by atoms with Gasteiger partial charge in [0.15, 0.2) is 11.5 Å². The molecule has 0 unspecified atom stereocenters. The van der Waals surface area contributed by atoms with Crippen LogP contribution >= 0.6 is 0 Å². The third-order valence-electron chi connectivity index (χ3n) is 6.04. The summed E-state index contributed by atoms with van der Waals surface area (Å²) in [6, 6.07) is 15.6. The Kier molecular flexibility index (Phi) is 5.02. The van der Waals surface area contributed by atoms with Crippen molar-refractivity contribution >= 4 is 22.5 Å². The summed E-state index contributed by atoms with van der Waals surface area (Å²) in [6.07, 6.45) is 5.51. The van der Waals surface area contributed by atoms with E-state index in [-0.39, 0.29) is 24.2 Å². The van der Waals surface area contributed by atoms with Crippen molar-refractivity contribution in [3.63, 3.8) is 0 Å². The minimum Gasteiger partial charge on any atom is -0.352 e. The summed E-state index contributed by atoms with van der Waals surface area (Å²) >= 11 is 0. The number of carbonyl (C=O) groups is 1. The van der Waals surface area contributed by atoms with Gasteiger partial charge in [-0.15, -0.1) is 5.10 Å². The SMILES string of the molecule is Cc1ccc(-c2nc3c4ccccc4n(CC(=O)NC4CCCCC4)c(=O)n3n2)cc1. The molecular formula is C24H25N5O2. The fourth-order valence-electron chi connectivity index (χ4n) is 4.38. The monoisotopic (exact) mass is 415 g/mol. The van der Waals surface area contributed by atoms with Gasteiger partial charge in [-0.25, -0.2) is 9.78 Å². The van der Waals surface area contributed by atoms with E-state index in [1.807, 2.05) is 55.5 Å². The first-order valence-corrected chi connectivity index (χ1v) is 10.8. The maximum atomic E-state index is 13.3. The molecule has 1 fully saturated rings. The molecule has 0 saturated heterocycles. The fourth-order valence-corrected chi connectivity index (χ4v) is 4.38. The highest BCUT2D eigenvalue weighted by Gasteiger charge is 2.19. The molecule has 0 aliphatic heterocycles. The predicted molar refractivity (Wildman–Crippen MR) is 120 cm³/mol. The highest BCUT2D eigenvalue weighted by Crippen LogP contribution is 2.22. The van der Waals surface area contributed by atoms with Crippen molar-refractivity contribution in [3.05, 3.63) is 64.6 Å². The van der Waals surface area contributed by atoms with Crippen molar-refractivity contribution in [3.8, 4) is 11.4 Å². The molecule has 1 amide bonds. The molecule has 2 aromatic heterocycles. The van der Waals surface area contributed by atoms with E-state index in [2.05, 4.69) is 15.4 Å². The second kappa shape index (κ2) is 7.98. The summed E-state index contributed by atoms with van der Waals surface area (Å²) in [6.45, 7) is 1.98. The minimum absolute atomic E-state index is 0.0362. The van der Waals surface area contributed by atoms with Crippen LogP contribution in [0.1, 0.15) is 37.7 Å². The van der Waals surface area contributed by atoms with E-state index in [1.54, 1.807) is 0 Å². The summed E-state index contributed by atoms with van der Waals surface area (Å²) in [5, 5.41) is 8.38. The molecule has 0 atom stereocenters. The number of aryl methyl sites for hydroxylation is 1. The van der Waals surface area contributed by atoms with Crippen LogP contribution in [0, 0.1) is 6.92 Å². The van der Waals surface area contributed by atoms with Gasteiger partial charge in [0.25, 0.3) is 0 Å². The molecule has 1 saturated carbocycles. The lowest BCUT2D eigenvalue weighted by Crippen LogP contribution is -2.40. The summed E-state index contributed by atoms with van der Waals surface area (Å²) < 4.78 is 2.81. The molecule has 0 radical (unpaired) electrons. The number of benzene rings is 2. The first kappa shape index (κ1) is 19.5. The molecule has 7 nitrogen and oxygen atoms in total.